The Bertz CT molecular complexity index is 469. The third-order valence-corrected chi connectivity index (χ3v) is 4.21. The van der Waals surface area contributed by atoms with Crippen molar-refractivity contribution >= 4 is 21.8 Å². The quantitative estimate of drug-likeness (QED) is 0.876. The van der Waals surface area contributed by atoms with E-state index in [0.717, 1.165) is 19.6 Å². The third kappa shape index (κ3) is 5.40. The largest absolute Gasteiger partial charge is 0.352 e. The lowest BCUT2D eigenvalue weighted by atomic mass is 10.1. The Morgan fingerprint density at radius 1 is 1.33 bits per heavy atom. The van der Waals surface area contributed by atoms with Gasteiger partial charge in [0.2, 0.25) is 0 Å². The first-order valence-corrected chi connectivity index (χ1v) is 8.30. The molecule has 116 valence electrons. The van der Waals surface area contributed by atoms with Gasteiger partial charge < -0.3 is 10.2 Å². The number of halogens is 2. The molecular weight excluding hydrogens is 335 g/mol. The summed E-state index contributed by atoms with van der Waals surface area (Å²) >= 11 is 3.20. The van der Waals surface area contributed by atoms with Crippen molar-refractivity contribution in [1.82, 2.24) is 10.2 Å². The van der Waals surface area contributed by atoms with Gasteiger partial charge in [-0.05, 0) is 50.0 Å². The first-order chi connectivity index (χ1) is 10.0. The Morgan fingerprint density at radius 2 is 2.05 bits per heavy atom. The van der Waals surface area contributed by atoms with Crippen LogP contribution in [0.25, 0.3) is 0 Å². The van der Waals surface area contributed by atoms with E-state index in [1.807, 2.05) is 0 Å². The number of piperidine rings is 1. The molecule has 1 aliphatic heterocycles. The van der Waals surface area contributed by atoms with Crippen LogP contribution < -0.4 is 5.32 Å². The van der Waals surface area contributed by atoms with Gasteiger partial charge in [-0.25, -0.2) is 4.39 Å². The minimum absolute atomic E-state index is 0.222. The number of amides is 1. The Kier molecular flexibility index (Phi) is 6.18. The standard InChI is InChI=1S/C16H22BrFN2O/c1-12(11-20-5-3-2-4-6-20)10-19-16(21)13-7-14(17)9-15(18)8-13/h7-9,12H,2-6,10-11H2,1H3,(H,19,21). The van der Waals surface area contributed by atoms with Crippen LogP contribution in [0.1, 0.15) is 36.5 Å². The van der Waals surface area contributed by atoms with Crippen LogP contribution in [0.3, 0.4) is 0 Å². The summed E-state index contributed by atoms with van der Waals surface area (Å²) in [6.07, 6.45) is 3.88. The molecule has 3 nitrogen and oxygen atoms in total. The van der Waals surface area contributed by atoms with Crippen LogP contribution in [-0.4, -0.2) is 37.0 Å². The van der Waals surface area contributed by atoms with Crippen molar-refractivity contribution in [3.8, 4) is 0 Å². The smallest absolute Gasteiger partial charge is 0.251 e. The van der Waals surface area contributed by atoms with Crippen LogP contribution in [0.15, 0.2) is 22.7 Å². The summed E-state index contributed by atoms with van der Waals surface area (Å²) < 4.78 is 13.9. The summed E-state index contributed by atoms with van der Waals surface area (Å²) in [4.78, 5) is 14.5. The van der Waals surface area contributed by atoms with Gasteiger partial charge in [0.25, 0.3) is 5.91 Å². The molecule has 0 aromatic heterocycles. The van der Waals surface area contributed by atoms with Crippen molar-refractivity contribution in [3.63, 3.8) is 0 Å². The van der Waals surface area contributed by atoms with Crippen molar-refractivity contribution in [3.05, 3.63) is 34.1 Å². The molecule has 1 unspecified atom stereocenters. The topological polar surface area (TPSA) is 32.3 Å². The Morgan fingerprint density at radius 3 is 2.71 bits per heavy atom. The normalized spacial score (nSPS) is 17.5. The van der Waals surface area contributed by atoms with E-state index in [-0.39, 0.29) is 5.91 Å². The minimum Gasteiger partial charge on any atom is -0.352 e. The van der Waals surface area contributed by atoms with Crippen LogP contribution in [-0.2, 0) is 0 Å². The highest BCUT2D eigenvalue weighted by molar-refractivity contribution is 9.10. The molecule has 0 aliphatic carbocycles. The molecule has 1 fully saturated rings. The molecule has 1 N–H and O–H groups in total. The van der Waals surface area contributed by atoms with Gasteiger partial charge in [0.15, 0.2) is 0 Å². The molecule has 0 bridgehead atoms. The van der Waals surface area contributed by atoms with Gasteiger partial charge in [-0.3, -0.25) is 4.79 Å². The molecule has 1 atom stereocenters. The van der Waals surface area contributed by atoms with Crippen LogP contribution >= 0.6 is 15.9 Å². The number of carbonyl (C=O) groups excluding carboxylic acids is 1. The fraction of sp³-hybridized carbons (Fsp3) is 0.562. The van der Waals surface area contributed by atoms with E-state index in [4.69, 9.17) is 0 Å². The first-order valence-electron chi connectivity index (χ1n) is 7.51. The maximum Gasteiger partial charge on any atom is 0.251 e. The number of nitrogens with zero attached hydrogens (tertiary/aromatic N) is 1. The van der Waals surface area contributed by atoms with Crippen molar-refractivity contribution in [2.45, 2.75) is 26.2 Å². The van der Waals surface area contributed by atoms with E-state index in [1.54, 1.807) is 6.07 Å². The second-order valence-corrected chi connectivity index (χ2v) is 6.75. The zero-order valence-corrected chi connectivity index (χ0v) is 14.0. The molecule has 0 saturated carbocycles. The fourth-order valence-corrected chi connectivity index (χ4v) is 3.17. The highest BCUT2D eigenvalue weighted by Crippen LogP contribution is 2.15. The predicted octanol–water partition coefficient (Wildman–Crippen LogP) is 3.44. The molecule has 1 amide bonds. The number of nitrogens with one attached hydrogen (secondary N) is 1. The second-order valence-electron chi connectivity index (χ2n) is 5.83. The summed E-state index contributed by atoms with van der Waals surface area (Å²) in [6, 6.07) is 4.23. The number of hydrogen-bond donors (Lipinski definition) is 1. The van der Waals surface area contributed by atoms with Crippen LogP contribution in [0.5, 0.6) is 0 Å². The van der Waals surface area contributed by atoms with Gasteiger partial charge in [-0.2, -0.15) is 0 Å². The van der Waals surface area contributed by atoms with Gasteiger partial charge in [-0.1, -0.05) is 29.3 Å². The summed E-state index contributed by atoms with van der Waals surface area (Å²) in [5.41, 5.74) is 0.354. The maximum absolute atomic E-state index is 13.3. The highest BCUT2D eigenvalue weighted by Gasteiger charge is 2.15. The molecule has 21 heavy (non-hydrogen) atoms. The van der Waals surface area contributed by atoms with Crippen LogP contribution in [0, 0.1) is 11.7 Å². The molecule has 1 heterocycles. The third-order valence-electron chi connectivity index (χ3n) is 3.75. The predicted molar refractivity (Wildman–Crippen MR) is 85.9 cm³/mol. The SMILES string of the molecule is CC(CNC(=O)c1cc(F)cc(Br)c1)CN1CCCCC1. The second kappa shape index (κ2) is 7.90. The van der Waals surface area contributed by atoms with Gasteiger partial charge in [0.1, 0.15) is 5.82 Å². The minimum atomic E-state index is -0.407. The van der Waals surface area contributed by atoms with E-state index in [0.29, 0.717) is 22.5 Å². The summed E-state index contributed by atoms with van der Waals surface area (Å²) in [5, 5.41) is 2.89. The molecule has 1 aliphatic rings. The monoisotopic (exact) mass is 356 g/mol. The molecule has 0 spiro atoms. The zero-order chi connectivity index (χ0) is 15.2. The zero-order valence-electron chi connectivity index (χ0n) is 12.4. The van der Waals surface area contributed by atoms with Crippen molar-refractivity contribution < 1.29 is 9.18 Å². The Hall–Kier alpha value is -0.940. The molecule has 2 rings (SSSR count). The summed E-state index contributed by atoms with van der Waals surface area (Å²) in [5.74, 6) is -0.236. The van der Waals surface area contributed by atoms with Gasteiger partial charge in [0.05, 0.1) is 0 Å². The molecule has 1 saturated heterocycles. The van der Waals surface area contributed by atoms with Crippen molar-refractivity contribution in [2.75, 3.05) is 26.2 Å². The van der Waals surface area contributed by atoms with E-state index in [9.17, 15) is 9.18 Å². The number of rotatable bonds is 5. The molecule has 5 heteroatoms. The van der Waals surface area contributed by atoms with Gasteiger partial charge >= 0.3 is 0 Å². The lowest BCUT2D eigenvalue weighted by Gasteiger charge is -2.29. The lowest BCUT2D eigenvalue weighted by Crippen LogP contribution is -2.38. The lowest BCUT2D eigenvalue weighted by molar-refractivity contribution is 0.0942. The Balaban J connectivity index is 1.79. The van der Waals surface area contributed by atoms with Crippen LogP contribution in [0.4, 0.5) is 4.39 Å². The number of likely N-dealkylation sites (tertiary alicyclic amines) is 1. The van der Waals surface area contributed by atoms with Crippen molar-refractivity contribution in [1.29, 1.82) is 0 Å². The summed E-state index contributed by atoms with van der Waals surface area (Å²) in [7, 11) is 0. The van der Waals surface area contributed by atoms with Crippen LogP contribution in [0.2, 0.25) is 0 Å². The number of benzene rings is 1. The average molecular weight is 357 g/mol. The molecule has 1 aromatic rings. The van der Waals surface area contributed by atoms with Gasteiger partial charge in [-0.15, -0.1) is 0 Å². The molecule has 0 radical (unpaired) electrons. The summed E-state index contributed by atoms with van der Waals surface area (Å²) in [6.45, 7) is 6.08. The van der Waals surface area contributed by atoms with E-state index >= 15 is 0 Å². The average Bonchev–Trinajstić information content (AvgIpc) is 2.45. The highest BCUT2D eigenvalue weighted by atomic mass is 79.9. The Labute approximate surface area is 134 Å². The van der Waals surface area contributed by atoms with E-state index in [2.05, 4.69) is 33.1 Å². The molecule has 1 aromatic carbocycles. The molecular formula is C16H22BrFN2O. The fourth-order valence-electron chi connectivity index (χ4n) is 2.70. The van der Waals surface area contributed by atoms with Crippen molar-refractivity contribution in [2.24, 2.45) is 5.92 Å². The number of carbonyl (C=O) groups is 1. The van der Waals surface area contributed by atoms with E-state index in [1.165, 1.54) is 31.4 Å². The maximum atomic E-state index is 13.3. The van der Waals surface area contributed by atoms with E-state index < -0.39 is 5.82 Å². The van der Waals surface area contributed by atoms with Gasteiger partial charge in [0, 0.05) is 23.1 Å². The first kappa shape index (κ1) is 16.4. The number of hydrogen-bond acceptors (Lipinski definition) is 2.